The molecule has 0 bridgehead atoms. The minimum absolute atomic E-state index is 0.0190. The lowest BCUT2D eigenvalue weighted by molar-refractivity contribution is -0.148. The number of nitrogens with zero attached hydrogens (tertiary/aromatic N) is 3. The SMILES string of the molecule is Cc1cc2oc(CN=[N+]=[N-])cc2c2c1C(=O)O[C@@H](C)[C@H](C)/C=C\C(C)[C@H]1OC(C)(C)O[C@H]1CC=C2. The van der Waals surface area contributed by atoms with E-state index in [0.717, 1.165) is 16.5 Å². The summed E-state index contributed by atoms with van der Waals surface area (Å²) < 4.78 is 24.3. The first-order chi connectivity index (χ1) is 16.6. The van der Waals surface area contributed by atoms with E-state index in [1.165, 1.54) is 0 Å². The van der Waals surface area contributed by atoms with E-state index in [-0.39, 0.29) is 42.7 Å². The molecule has 8 heteroatoms. The molecular weight excluding hydrogens is 446 g/mol. The van der Waals surface area contributed by atoms with Gasteiger partial charge in [-0.2, -0.15) is 0 Å². The second-order valence-corrected chi connectivity index (χ2v) is 9.99. The number of rotatable bonds is 2. The van der Waals surface area contributed by atoms with Crippen molar-refractivity contribution in [3.63, 3.8) is 0 Å². The molecular formula is C27H33N3O5. The normalized spacial score (nSPS) is 29.5. The molecule has 0 N–H and O–H groups in total. The molecule has 4 rings (SSSR count). The standard InChI is InChI=1S/C27H33N3O5/c1-15-10-11-16(2)25-22(34-27(5,6)35-25)9-7-8-20-21-13-19(14-29-30-28)33-23(21)12-17(3)24(20)26(31)32-18(15)4/h7-8,10-13,15-16,18,22,25H,9,14H2,1-6H3/b8-7?,11-10-/t15-,16?,18+,22+,25-/m1/s1. The number of benzene rings is 1. The van der Waals surface area contributed by atoms with E-state index < -0.39 is 5.79 Å². The van der Waals surface area contributed by atoms with Crippen LogP contribution in [0.25, 0.3) is 27.5 Å². The van der Waals surface area contributed by atoms with Crippen molar-refractivity contribution in [3.05, 3.63) is 63.3 Å². The van der Waals surface area contributed by atoms with E-state index in [2.05, 4.69) is 29.1 Å². The number of ether oxygens (including phenoxy) is 3. The van der Waals surface area contributed by atoms with Gasteiger partial charge in [-0.3, -0.25) is 0 Å². The second-order valence-electron chi connectivity index (χ2n) is 9.99. The van der Waals surface area contributed by atoms with Gasteiger partial charge in [-0.05, 0) is 62.9 Å². The van der Waals surface area contributed by atoms with Crippen LogP contribution in [0, 0.1) is 18.8 Å². The van der Waals surface area contributed by atoms with Gasteiger partial charge >= 0.3 is 5.97 Å². The van der Waals surface area contributed by atoms with Crippen LogP contribution in [-0.2, 0) is 20.8 Å². The Balaban J connectivity index is 1.83. The molecule has 2 aromatic rings. The number of aryl methyl sites for hydroxylation is 1. The lowest BCUT2D eigenvalue weighted by atomic mass is 9.93. The van der Waals surface area contributed by atoms with E-state index in [4.69, 9.17) is 24.2 Å². The summed E-state index contributed by atoms with van der Waals surface area (Å²) in [5.41, 5.74) is 11.3. The van der Waals surface area contributed by atoms with E-state index in [1.807, 2.05) is 58.9 Å². The molecule has 2 aliphatic heterocycles. The Morgan fingerprint density at radius 1 is 1.14 bits per heavy atom. The van der Waals surface area contributed by atoms with Gasteiger partial charge in [0.1, 0.15) is 17.4 Å². The molecule has 0 saturated carbocycles. The molecule has 1 aromatic carbocycles. The molecule has 5 atom stereocenters. The maximum Gasteiger partial charge on any atom is 0.339 e. The zero-order valence-electron chi connectivity index (χ0n) is 21.1. The van der Waals surface area contributed by atoms with Crippen molar-refractivity contribution in [2.24, 2.45) is 17.0 Å². The molecule has 1 aromatic heterocycles. The van der Waals surface area contributed by atoms with Crippen LogP contribution in [0.3, 0.4) is 0 Å². The highest BCUT2D eigenvalue weighted by Crippen LogP contribution is 2.36. The Morgan fingerprint density at radius 2 is 1.89 bits per heavy atom. The van der Waals surface area contributed by atoms with Crippen LogP contribution in [-0.4, -0.2) is 30.1 Å². The van der Waals surface area contributed by atoms with Crippen LogP contribution in [0.2, 0.25) is 0 Å². The van der Waals surface area contributed by atoms with Crippen molar-refractivity contribution in [1.82, 2.24) is 0 Å². The largest absolute Gasteiger partial charge is 0.461 e. The summed E-state index contributed by atoms with van der Waals surface area (Å²) in [5, 5.41) is 4.37. The summed E-state index contributed by atoms with van der Waals surface area (Å²) in [5.74, 6) is -0.367. The van der Waals surface area contributed by atoms with Crippen LogP contribution < -0.4 is 0 Å². The number of carbonyl (C=O) groups is 1. The lowest BCUT2D eigenvalue weighted by Gasteiger charge is -2.23. The summed E-state index contributed by atoms with van der Waals surface area (Å²) in [6, 6.07) is 3.65. The van der Waals surface area contributed by atoms with Crippen molar-refractivity contribution in [3.8, 4) is 0 Å². The summed E-state index contributed by atoms with van der Waals surface area (Å²) in [6.07, 6.45) is 8.24. The van der Waals surface area contributed by atoms with Crippen LogP contribution >= 0.6 is 0 Å². The predicted molar refractivity (Wildman–Crippen MR) is 134 cm³/mol. The first-order valence-electron chi connectivity index (χ1n) is 12.1. The molecule has 186 valence electrons. The monoisotopic (exact) mass is 479 g/mol. The van der Waals surface area contributed by atoms with Gasteiger partial charge in [-0.1, -0.05) is 43.3 Å². The van der Waals surface area contributed by atoms with Gasteiger partial charge in [0.2, 0.25) is 0 Å². The van der Waals surface area contributed by atoms with Crippen molar-refractivity contribution in [2.75, 3.05) is 0 Å². The third-order valence-corrected chi connectivity index (χ3v) is 6.75. The maximum absolute atomic E-state index is 13.4. The minimum atomic E-state index is -0.667. The van der Waals surface area contributed by atoms with Gasteiger partial charge in [0.15, 0.2) is 5.79 Å². The van der Waals surface area contributed by atoms with Gasteiger partial charge in [-0.15, -0.1) is 0 Å². The molecule has 0 radical (unpaired) electrons. The molecule has 0 aliphatic carbocycles. The predicted octanol–water partition coefficient (Wildman–Crippen LogP) is 6.86. The Kier molecular flexibility index (Phi) is 7.08. The molecule has 35 heavy (non-hydrogen) atoms. The highest BCUT2D eigenvalue weighted by Gasteiger charge is 2.42. The number of hydrogen-bond acceptors (Lipinski definition) is 6. The lowest BCUT2D eigenvalue weighted by Crippen LogP contribution is -2.29. The molecule has 8 nitrogen and oxygen atoms in total. The highest BCUT2D eigenvalue weighted by atomic mass is 16.8. The molecule has 3 heterocycles. The first-order valence-corrected chi connectivity index (χ1v) is 12.1. The van der Waals surface area contributed by atoms with Gasteiger partial charge in [0.25, 0.3) is 0 Å². The van der Waals surface area contributed by atoms with E-state index in [9.17, 15) is 4.79 Å². The van der Waals surface area contributed by atoms with Crippen LogP contribution in [0.5, 0.6) is 0 Å². The van der Waals surface area contributed by atoms with Gasteiger partial charge in [0.05, 0.1) is 24.3 Å². The fourth-order valence-corrected chi connectivity index (χ4v) is 4.78. The number of carbonyl (C=O) groups excluding carboxylic acids is 1. The Bertz CT molecular complexity index is 1220. The summed E-state index contributed by atoms with van der Waals surface area (Å²) in [6.45, 7) is 11.9. The fraction of sp³-hybridized carbons (Fsp3) is 0.519. The van der Waals surface area contributed by atoms with Crippen molar-refractivity contribution >= 4 is 23.0 Å². The van der Waals surface area contributed by atoms with Gasteiger partial charge in [-0.25, -0.2) is 4.79 Å². The highest BCUT2D eigenvalue weighted by molar-refractivity contribution is 6.03. The van der Waals surface area contributed by atoms with Crippen molar-refractivity contribution < 1.29 is 23.4 Å². The second kappa shape index (κ2) is 9.90. The topological polar surface area (TPSA) is 107 Å². The Hall–Kier alpha value is -3.06. The minimum Gasteiger partial charge on any atom is -0.461 e. The maximum atomic E-state index is 13.4. The van der Waals surface area contributed by atoms with Crippen LogP contribution in [0.4, 0.5) is 0 Å². The number of fused-ring (bicyclic) bond motifs is 4. The molecule has 2 aliphatic rings. The molecule has 0 spiro atoms. The third-order valence-electron chi connectivity index (χ3n) is 6.75. The number of furan rings is 1. The fourth-order valence-electron chi connectivity index (χ4n) is 4.78. The first kappa shape index (κ1) is 25.0. The number of azide groups is 1. The third kappa shape index (κ3) is 5.30. The van der Waals surface area contributed by atoms with Crippen LogP contribution in [0.1, 0.15) is 68.3 Å². The number of cyclic esters (lactones) is 1. The summed E-state index contributed by atoms with van der Waals surface area (Å²) >= 11 is 0. The molecule has 1 unspecified atom stereocenters. The van der Waals surface area contributed by atoms with Gasteiger partial charge in [0, 0.05) is 22.1 Å². The van der Waals surface area contributed by atoms with E-state index >= 15 is 0 Å². The quantitative estimate of drug-likeness (QED) is 0.154. The zero-order chi connectivity index (χ0) is 25.3. The molecule has 0 amide bonds. The Morgan fingerprint density at radius 3 is 2.63 bits per heavy atom. The van der Waals surface area contributed by atoms with Crippen molar-refractivity contribution in [1.29, 1.82) is 0 Å². The zero-order valence-corrected chi connectivity index (χ0v) is 21.1. The Labute approximate surface area is 205 Å². The average Bonchev–Trinajstić information content (AvgIpc) is 3.34. The van der Waals surface area contributed by atoms with Gasteiger partial charge < -0.3 is 18.6 Å². The van der Waals surface area contributed by atoms with Crippen molar-refractivity contribution in [2.45, 2.75) is 78.6 Å². The van der Waals surface area contributed by atoms with E-state index in [1.54, 1.807) is 0 Å². The summed E-state index contributed by atoms with van der Waals surface area (Å²) in [4.78, 5) is 16.2. The average molecular weight is 480 g/mol. The number of esters is 1. The summed E-state index contributed by atoms with van der Waals surface area (Å²) in [7, 11) is 0. The molecule has 1 saturated heterocycles. The smallest absolute Gasteiger partial charge is 0.339 e. The van der Waals surface area contributed by atoms with Crippen LogP contribution in [0.15, 0.2) is 39.9 Å². The number of hydrogen-bond donors (Lipinski definition) is 0. The van der Waals surface area contributed by atoms with E-state index in [0.29, 0.717) is 23.3 Å². The molecule has 1 fully saturated rings.